The van der Waals surface area contributed by atoms with E-state index in [1.54, 1.807) is 13.2 Å². The number of hydrogen-bond donors (Lipinski definition) is 2. The summed E-state index contributed by atoms with van der Waals surface area (Å²) in [5.41, 5.74) is 2.93. The fraction of sp³-hybridized carbons (Fsp3) is 0.357. The Balaban J connectivity index is 2.08. The fourth-order valence-corrected chi connectivity index (χ4v) is 1.81. The minimum atomic E-state index is -0.213. The first-order valence-corrected chi connectivity index (χ1v) is 6.36. The van der Waals surface area contributed by atoms with E-state index in [0.29, 0.717) is 11.5 Å². The molecule has 0 saturated carbocycles. The van der Waals surface area contributed by atoms with Crippen LogP contribution in [0.4, 0.5) is 5.69 Å². The molecule has 6 heteroatoms. The molecule has 0 aliphatic rings. The van der Waals surface area contributed by atoms with Crippen molar-refractivity contribution in [2.75, 3.05) is 12.4 Å². The highest BCUT2D eigenvalue weighted by atomic mass is 16.4. The number of oxazole rings is 1. The molecule has 2 rings (SSSR count). The van der Waals surface area contributed by atoms with Gasteiger partial charge in [-0.15, -0.1) is 0 Å². The minimum Gasteiger partial charge on any atom is -0.444 e. The van der Waals surface area contributed by atoms with Gasteiger partial charge in [-0.3, -0.25) is 9.78 Å². The van der Waals surface area contributed by atoms with E-state index in [4.69, 9.17) is 4.42 Å². The lowest BCUT2D eigenvalue weighted by molar-refractivity contribution is 0.0947. The van der Waals surface area contributed by atoms with Gasteiger partial charge in [-0.1, -0.05) is 0 Å². The molecule has 0 spiro atoms. The van der Waals surface area contributed by atoms with Crippen molar-refractivity contribution in [2.24, 2.45) is 0 Å². The van der Waals surface area contributed by atoms with Crippen molar-refractivity contribution in [1.29, 1.82) is 0 Å². The van der Waals surface area contributed by atoms with Crippen LogP contribution in [0.2, 0.25) is 0 Å². The van der Waals surface area contributed by atoms with Crippen LogP contribution >= 0.6 is 0 Å². The number of carbonyl (C=O) groups excluding carboxylic acids is 1. The van der Waals surface area contributed by atoms with Crippen LogP contribution in [0.15, 0.2) is 16.7 Å². The molecule has 0 bridgehead atoms. The third kappa shape index (κ3) is 2.96. The van der Waals surface area contributed by atoms with Gasteiger partial charge in [0.05, 0.1) is 23.5 Å². The summed E-state index contributed by atoms with van der Waals surface area (Å²) in [6.45, 7) is 5.84. The van der Waals surface area contributed by atoms with E-state index in [1.807, 2.05) is 26.8 Å². The number of pyridine rings is 1. The molecule has 2 aromatic rings. The number of aromatic nitrogens is 2. The Labute approximate surface area is 117 Å². The fourth-order valence-electron chi connectivity index (χ4n) is 1.81. The van der Waals surface area contributed by atoms with Gasteiger partial charge < -0.3 is 15.1 Å². The maximum atomic E-state index is 12.1. The SMILES string of the molecule is CNc1cc(C)ncc1C(=O)NCc1nc(C)c(C)o1. The summed E-state index contributed by atoms with van der Waals surface area (Å²) in [6, 6.07) is 1.83. The number of carbonyl (C=O) groups is 1. The highest BCUT2D eigenvalue weighted by molar-refractivity contribution is 5.99. The van der Waals surface area contributed by atoms with E-state index in [9.17, 15) is 4.79 Å². The third-order valence-corrected chi connectivity index (χ3v) is 3.03. The Morgan fingerprint density at radius 2 is 2.10 bits per heavy atom. The molecule has 2 heterocycles. The number of anilines is 1. The lowest BCUT2D eigenvalue weighted by Gasteiger charge is -2.09. The van der Waals surface area contributed by atoms with Crippen LogP contribution in [-0.4, -0.2) is 22.9 Å². The Morgan fingerprint density at radius 1 is 1.35 bits per heavy atom. The van der Waals surface area contributed by atoms with Crippen LogP contribution in [0.25, 0.3) is 0 Å². The van der Waals surface area contributed by atoms with E-state index in [0.717, 1.165) is 22.8 Å². The Morgan fingerprint density at radius 3 is 2.70 bits per heavy atom. The van der Waals surface area contributed by atoms with E-state index in [1.165, 1.54) is 0 Å². The van der Waals surface area contributed by atoms with E-state index >= 15 is 0 Å². The molecule has 0 aliphatic carbocycles. The van der Waals surface area contributed by atoms with Crippen molar-refractivity contribution in [1.82, 2.24) is 15.3 Å². The average molecular weight is 274 g/mol. The molecular weight excluding hydrogens is 256 g/mol. The van der Waals surface area contributed by atoms with E-state index in [2.05, 4.69) is 20.6 Å². The predicted molar refractivity (Wildman–Crippen MR) is 75.7 cm³/mol. The van der Waals surface area contributed by atoms with Gasteiger partial charge in [0.25, 0.3) is 5.91 Å². The van der Waals surface area contributed by atoms with Crippen LogP contribution in [-0.2, 0) is 6.54 Å². The predicted octanol–water partition coefficient (Wildman–Crippen LogP) is 1.97. The Kier molecular flexibility index (Phi) is 4.02. The van der Waals surface area contributed by atoms with Crippen molar-refractivity contribution >= 4 is 11.6 Å². The Bertz CT molecular complexity index is 615. The highest BCUT2D eigenvalue weighted by Crippen LogP contribution is 2.15. The first kappa shape index (κ1) is 14.0. The molecule has 0 radical (unpaired) electrons. The van der Waals surface area contributed by atoms with Crippen molar-refractivity contribution in [2.45, 2.75) is 27.3 Å². The molecule has 2 aromatic heterocycles. The van der Waals surface area contributed by atoms with Gasteiger partial charge in [-0.05, 0) is 26.8 Å². The number of amides is 1. The van der Waals surface area contributed by atoms with Crippen molar-refractivity contribution in [3.63, 3.8) is 0 Å². The number of nitrogens with one attached hydrogen (secondary N) is 2. The maximum absolute atomic E-state index is 12.1. The van der Waals surface area contributed by atoms with Gasteiger partial charge in [0.1, 0.15) is 5.76 Å². The molecule has 1 amide bonds. The van der Waals surface area contributed by atoms with Crippen LogP contribution in [0, 0.1) is 20.8 Å². The summed E-state index contributed by atoms with van der Waals surface area (Å²) in [7, 11) is 1.77. The van der Waals surface area contributed by atoms with Gasteiger partial charge >= 0.3 is 0 Å². The first-order valence-electron chi connectivity index (χ1n) is 6.36. The highest BCUT2D eigenvalue weighted by Gasteiger charge is 2.13. The third-order valence-electron chi connectivity index (χ3n) is 3.03. The number of aryl methyl sites for hydroxylation is 3. The zero-order chi connectivity index (χ0) is 14.7. The molecule has 2 N–H and O–H groups in total. The molecule has 106 valence electrons. The second kappa shape index (κ2) is 5.73. The second-order valence-corrected chi connectivity index (χ2v) is 4.55. The van der Waals surface area contributed by atoms with Crippen molar-refractivity contribution in [3.05, 3.63) is 40.9 Å². The summed E-state index contributed by atoms with van der Waals surface area (Å²) in [6.07, 6.45) is 1.56. The molecule has 0 unspecified atom stereocenters. The quantitative estimate of drug-likeness (QED) is 0.891. The lowest BCUT2D eigenvalue weighted by Crippen LogP contribution is -2.24. The molecule has 0 saturated heterocycles. The largest absolute Gasteiger partial charge is 0.444 e. The molecule has 0 aromatic carbocycles. The summed E-state index contributed by atoms with van der Waals surface area (Å²) < 4.78 is 5.42. The van der Waals surface area contributed by atoms with Gasteiger partial charge in [0.2, 0.25) is 5.89 Å². The summed E-state index contributed by atoms with van der Waals surface area (Å²) in [5.74, 6) is 1.05. The van der Waals surface area contributed by atoms with Crippen LogP contribution < -0.4 is 10.6 Å². The summed E-state index contributed by atoms with van der Waals surface area (Å²) in [5, 5.41) is 5.76. The molecular formula is C14H18N4O2. The standard InChI is InChI=1S/C14H18N4O2/c1-8-5-12(15-4)11(6-16-8)14(19)17-7-13-18-9(2)10(3)20-13/h5-6H,7H2,1-4H3,(H,15,16)(H,17,19). The minimum absolute atomic E-state index is 0.213. The summed E-state index contributed by atoms with van der Waals surface area (Å²) >= 11 is 0. The van der Waals surface area contributed by atoms with Crippen LogP contribution in [0.3, 0.4) is 0 Å². The second-order valence-electron chi connectivity index (χ2n) is 4.55. The van der Waals surface area contributed by atoms with Gasteiger partial charge in [-0.2, -0.15) is 0 Å². The van der Waals surface area contributed by atoms with Gasteiger partial charge in [0.15, 0.2) is 0 Å². The molecule has 0 fully saturated rings. The maximum Gasteiger partial charge on any atom is 0.255 e. The van der Waals surface area contributed by atoms with Crippen molar-refractivity contribution in [3.8, 4) is 0 Å². The number of rotatable bonds is 4. The lowest BCUT2D eigenvalue weighted by atomic mass is 10.2. The van der Waals surface area contributed by atoms with Crippen molar-refractivity contribution < 1.29 is 9.21 Å². The number of nitrogens with zero attached hydrogens (tertiary/aromatic N) is 2. The average Bonchev–Trinajstić information content (AvgIpc) is 2.75. The van der Waals surface area contributed by atoms with Crippen LogP contribution in [0.5, 0.6) is 0 Å². The summed E-state index contributed by atoms with van der Waals surface area (Å²) in [4.78, 5) is 20.5. The topological polar surface area (TPSA) is 80.0 Å². The monoisotopic (exact) mass is 274 g/mol. The van der Waals surface area contributed by atoms with E-state index < -0.39 is 0 Å². The van der Waals surface area contributed by atoms with Crippen LogP contribution in [0.1, 0.15) is 33.4 Å². The smallest absolute Gasteiger partial charge is 0.255 e. The van der Waals surface area contributed by atoms with Gasteiger partial charge in [0, 0.05) is 18.9 Å². The molecule has 0 atom stereocenters. The molecule has 20 heavy (non-hydrogen) atoms. The van der Waals surface area contributed by atoms with Gasteiger partial charge in [-0.25, -0.2) is 4.98 Å². The van der Waals surface area contributed by atoms with E-state index in [-0.39, 0.29) is 12.5 Å². The Hall–Kier alpha value is -2.37. The zero-order valence-corrected chi connectivity index (χ0v) is 12.1. The first-order chi connectivity index (χ1) is 9.51. The normalized spacial score (nSPS) is 10.4. The molecule has 0 aliphatic heterocycles. The molecule has 6 nitrogen and oxygen atoms in total. The zero-order valence-electron chi connectivity index (χ0n) is 12.1. The number of hydrogen-bond acceptors (Lipinski definition) is 5.